The minimum atomic E-state index is -1.16. The molecule has 6 heteroatoms. The predicted molar refractivity (Wildman–Crippen MR) is 64.5 cm³/mol. The maximum Gasteiger partial charge on any atom is 0.327 e. The van der Waals surface area contributed by atoms with Crippen LogP contribution in [0.25, 0.3) is 0 Å². The lowest BCUT2D eigenvalue weighted by Crippen LogP contribution is -2.45. The molecular formula is C12H13N3O3. The molecule has 94 valence electrons. The van der Waals surface area contributed by atoms with Gasteiger partial charge >= 0.3 is 12.0 Å². The fourth-order valence-electron chi connectivity index (χ4n) is 1.21. The first-order valence-corrected chi connectivity index (χ1v) is 5.23. The topological polar surface area (TPSA) is 91.3 Å². The lowest BCUT2D eigenvalue weighted by atomic mass is 10.2. The van der Waals surface area contributed by atoms with Crippen molar-refractivity contribution >= 4 is 12.0 Å². The van der Waals surface area contributed by atoms with Crippen LogP contribution in [0, 0.1) is 12.3 Å². The van der Waals surface area contributed by atoms with Crippen LogP contribution in [0.3, 0.4) is 0 Å². The number of amides is 2. The summed E-state index contributed by atoms with van der Waals surface area (Å²) in [7, 11) is 0. The van der Waals surface area contributed by atoms with Crippen LogP contribution in [-0.2, 0) is 11.3 Å². The van der Waals surface area contributed by atoms with Gasteiger partial charge in [-0.3, -0.25) is 4.98 Å². The van der Waals surface area contributed by atoms with E-state index in [4.69, 9.17) is 11.5 Å². The summed E-state index contributed by atoms with van der Waals surface area (Å²) in [6.07, 6.45) is 8.17. The Kier molecular flexibility index (Phi) is 5.19. The molecule has 0 radical (unpaired) electrons. The van der Waals surface area contributed by atoms with E-state index in [-0.39, 0.29) is 13.0 Å². The summed E-state index contributed by atoms with van der Waals surface area (Å²) in [4.78, 5) is 26.0. The zero-order valence-corrected chi connectivity index (χ0v) is 9.59. The van der Waals surface area contributed by atoms with E-state index >= 15 is 0 Å². The first-order chi connectivity index (χ1) is 8.63. The number of terminal acetylenes is 1. The number of urea groups is 1. The van der Waals surface area contributed by atoms with Crippen molar-refractivity contribution in [2.24, 2.45) is 0 Å². The average Bonchev–Trinajstić information content (AvgIpc) is 2.37. The van der Waals surface area contributed by atoms with Crippen LogP contribution >= 0.6 is 0 Å². The van der Waals surface area contributed by atoms with Crippen LogP contribution < -0.4 is 10.6 Å². The number of pyridine rings is 1. The third kappa shape index (κ3) is 4.53. The quantitative estimate of drug-likeness (QED) is 0.655. The Morgan fingerprint density at radius 2 is 2.11 bits per heavy atom. The standard InChI is InChI=1S/C12H13N3O3/c1-2-3-10(11(16)17)15-12(18)14-8-9-4-6-13-7-5-9/h1,4-7,10H,3,8H2,(H,16,17)(H2,14,15,18). The van der Waals surface area contributed by atoms with Gasteiger partial charge in [0.15, 0.2) is 0 Å². The van der Waals surface area contributed by atoms with E-state index in [0.29, 0.717) is 0 Å². The molecule has 18 heavy (non-hydrogen) atoms. The van der Waals surface area contributed by atoms with Crippen LogP contribution in [0.5, 0.6) is 0 Å². The normalized spacial score (nSPS) is 11.1. The van der Waals surface area contributed by atoms with Crippen molar-refractivity contribution in [1.29, 1.82) is 0 Å². The number of hydrogen-bond donors (Lipinski definition) is 3. The minimum absolute atomic E-state index is 0.0575. The van der Waals surface area contributed by atoms with E-state index in [1.165, 1.54) is 0 Å². The van der Waals surface area contributed by atoms with Crippen molar-refractivity contribution in [2.75, 3.05) is 0 Å². The molecule has 1 heterocycles. The summed E-state index contributed by atoms with van der Waals surface area (Å²) < 4.78 is 0. The van der Waals surface area contributed by atoms with Crippen LogP contribution in [0.2, 0.25) is 0 Å². The van der Waals surface area contributed by atoms with Gasteiger partial charge in [-0.2, -0.15) is 0 Å². The van der Waals surface area contributed by atoms with Crippen LogP contribution in [-0.4, -0.2) is 28.1 Å². The third-order valence-corrected chi connectivity index (χ3v) is 2.13. The molecule has 2 amide bonds. The van der Waals surface area contributed by atoms with Gasteiger partial charge in [-0.1, -0.05) is 0 Å². The van der Waals surface area contributed by atoms with Crippen molar-refractivity contribution in [1.82, 2.24) is 15.6 Å². The molecule has 0 aliphatic carbocycles. The number of carbonyl (C=O) groups is 2. The monoisotopic (exact) mass is 247 g/mol. The maximum atomic E-state index is 11.4. The Morgan fingerprint density at radius 3 is 2.67 bits per heavy atom. The number of rotatable bonds is 5. The molecule has 0 bridgehead atoms. The molecule has 0 aromatic carbocycles. The molecule has 1 aromatic heterocycles. The Balaban J connectivity index is 2.42. The van der Waals surface area contributed by atoms with Crippen LogP contribution in [0.15, 0.2) is 24.5 Å². The molecule has 0 aliphatic rings. The number of carbonyl (C=O) groups excluding carboxylic acids is 1. The van der Waals surface area contributed by atoms with E-state index in [1.54, 1.807) is 24.5 Å². The number of nitrogens with zero attached hydrogens (tertiary/aromatic N) is 1. The zero-order valence-electron chi connectivity index (χ0n) is 9.59. The molecule has 0 spiro atoms. The van der Waals surface area contributed by atoms with Gasteiger partial charge in [0.05, 0.1) is 0 Å². The lowest BCUT2D eigenvalue weighted by Gasteiger charge is -2.12. The van der Waals surface area contributed by atoms with E-state index in [0.717, 1.165) is 5.56 Å². The highest BCUT2D eigenvalue weighted by atomic mass is 16.4. The first kappa shape index (κ1) is 13.5. The Bertz CT molecular complexity index is 453. The average molecular weight is 247 g/mol. The Morgan fingerprint density at radius 1 is 1.44 bits per heavy atom. The summed E-state index contributed by atoms with van der Waals surface area (Å²) >= 11 is 0. The predicted octanol–water partition coefficient (Wildman–Crippen LogP) is 0.357. The first-order valence-electron chi connectivity index (χ1n) is 5.23. The van der Waals surface area contributed by atoms with Crippen molar-refractivity contribution in [2.45, 2.75) is 19.0 Å². The van der Waals surface area contributed by atoms with E-state index in [9.17, 15) is 9.59 Å². The van der Waals surface area contributed by atoms with Gasteiger partial charge in [0.1, 0.15) is 6.04 Å². The van der Waals surface area contributed by atoms with Crippen molar-refractivity contribution < 1.29 is 14.7 Å². The SMILES string of the molecule is C#CCC(NC(=O)NCc1ccncc1)C(=O)O. The molecule has 0 saturated heterocycles. The molecule has 1 aromatic rings. The highest BCUT2D eigenvalue weighted by Crippen LogP contribution is 1.95. The second-order valence-corrected chi connectivity index (χ2v) is 3.48. The molecule has 1 unspecified atom stereocenters. The lowest BCUT2D eigenvalue weighted by molar-refractivity contribution is -0.139. The van der Waals surface area contributed by atoms with Gasteiger partial charge in [-0.05, 0) is 17.7 Å². The zero-order chi connectivity index (χ0) is 13.4. The molecule has 1 rings (SSSR count). The number of aromatic nitrogens is 1. The van der Waals surface area contributed by atoms with E-state index < -0.39 is 18.0 Å². The number of carboxylic acids is 1. The fourth-order valence-corrected chi connectivity index (χ4v) is 1.21. The highest BCUT2D eigenvalue weighted by molar-refractivity contribution is 5.82. The van der Waals surface area contributed by atoms with Crippen LogP contribution in [0.4, 0.5) is 4.79 Å². The summed E-state index contributed by atoms with van der Waals surface area (Å²) in [5.41, 5.74) is 0.865. The minimum Gasteiger partial charge on any atom is -0.480 e. The van der Waals surface area contributed by atoms with Crippen LogP contribution in [0.1, 0.15) is 12.0 Å². The summed E-state index contributed by atoms with van der Waals surface area (Å²) in [5, 5.41) is 13.6. The number of nitrogens with one attached hydrogen (secondary N) is 2. The van der Waals surface area contributed by atoms with Crippen molar-refractivity contribution in [3.8, 4) is 12.3 Å². The van der Waals surface area contributed by atoms with Gasteiger partial charge in [-0.15, -0.1) is 12.3 Å². The van der Waals surface area contributed by atoms with Gasteiger partial charge in [0.2, 0.25) is 0 Å². The molecular weight excluding hydrogens is 234 g/mol. The number of aliphatic carboxylic acids is 1. The number of carboxylic acid groups (broad SMARTS) is 1. The second-order valence-electron chi connectivity index (χ2n) is 3.48. The molecule has 0 aliphatic heterocycles. The maximum absolute atomic E-state index is 11.4. The number of hydrogen-bond acceptors (Lipinski definition) is 3. The van der Waals surface area contributed by atoms with Gasteiger partial charge in [0.25, 0.3) is 0 Å². The molecule has 0 saturated carbocycles. The fraction of sp³-hybridized carbons (Fsp3) is 0.250. The Labute approximate surface area is 104 Å². The summed E-state index contributed by atoms with van der Waals surface area (Å²) in [5.74, 6) is 1.04. The largest absolute Gasteiger partial charge is 0.480 e. The van der Waals surface area contributed by atoms with Gasteiger partial charge in [0, 0.05) is 25.4 Å². The summed E-state index contributed by atoms with van der Waals surface area (Å²) in [6.45, 7) is 0.288. The molecule has 0 fully saturated rings. The third-order valence-electron chi connectivity index (χ3n) is 2.13. The Hall–Kier alpha value is -2.55. The van der Waals surface area contributed by atoms with E-state index in [2.05, 4.69) is 21.5 Å². The van der Waals surface area contributed by atoms with Gasteiger partial charge < -0.3 is 15.7 Å². The smallest absolute Gasteiger partial charge is 0.327 e. The van der Waals surface area contributed by atoms with Crippen molar-refractivity contribution in [3.63, 3.8) is 0 Å². The van der Waals surface area contributed by atoms with Gasteiger partial charge in [-0.25, -0.2) is 9.59 Å². The van der Waals surface area contributed by atoms with E-state index in [1.807, 2.05) is 0 Å². The molecule has 1 atom stereocenters. The second kappa shape index (κ2) is 6.91. The van der Waals surface area contributed by atoms with Crippen molar-refractivity contribution in [3.05, 3.63) is 30.1 Å². The molecule has 3 N–H and O–H groups in total. The summed E-state index contributed by atoms with van der Waals surface area (Å²) in [6, 6.07) is 1.84. The molecule has 6 nitrogen and oxygen atoms in total. The highest BCUT2D eigenvalue weighted by Gasteiger charge is 2.18.